The van der Waals surface area contributed by atoms with Crippen LogP contribution in [0.15, 0.2) is 36.5 Å². The van der Waals surface area contributed by atoms with Gasteiger partial charge in [0.25, 0.3) is 0 Å². The second-order valence-corrected chi connectivity index (χ2v) is 3.42. The largest absolute Gasteiger partial charge is 0.422 e. The lowest BCUT2D eigenvalue weighted by molar-refractivity contribution is 0.0723. The van der Waals surface area contributed by atoms with Crippen LogP contribution in [-0.2, 0) is 7.05 Å². The van der Waals surface area contributed by atoms with Crippen LogP contribution in [0.25, 0.3) is 0 Å². The summed E-state index contributed by atoms with van der Waals surface area (Å²) >= 11 is 0. The molecule has 0 aliphatic heterocycles. The van der Waals surface area contributed by atoms with Gasteiger partial charge in [0.1, 0.15) is 17.7 Å². The average Bonchev–Trinajstić information content (AvgIpc) is 2.76. The third-order valence-corrected chi connectivity index (χ3v) is 2.26. The number of aldehydes is 1. The molecule has 0 amide bonds. The van der Waals surface area contributed by atoms with E-state index in [0.29, 0.717) is 17.0 Å². The van der Waals surface area contributed by atoms with Crippen molar-refractivity contribution in [2.45, 2.75) is 0 Å². The molecule has 1 aromatic heterocycles. The summed E-state index contributed by atoms with van der Waals surface area (Å²) in [7, 11) is 1.66. The van der Waals surface area contributed by atoms with Crippen LogP contribution in [0.2, 0.25) is 0 Å². The van der Waals surface area contributed by atoms with Crippen LogP contribution in [0.5, 0.6) is 5.75 Å². The van der Waals surface area contributed by atoms with Gasteiger partial charge < -0.3 is 4.74 Å². The van der Waals surface area contributed by atoms with Crippen molar-refractivity contribution < 1.29 is 14.3 Å². The van der Waals surface area contributed by atoms with Gasteiger partial charge in [0.15, 0.2) is 0 Å². The van der Waals surface area contributed by atoms with Crippen molar-refractivity contribution >= 4 is 12.3 Å². The molecule has 17 heavy (non-hydrogen) atoms. The van der Waals surface area contributed by atoms with E-state index in [4.69, 9.17) is 4.74 Å². The molecule has 5 nitrogen and oxygen atoms in total. The topological polar surface area (TPSA) is 61.2 Å². The molecule has 2 aromatic rings. The zero-order chi connectivity index (χ0) is 12.3. The zero-order valence-corrected chi connectivity index (χ0v) is 9.16. The van der Waals surface area contributed by atoms with Crippen LogP contribution in [0.1, 0.15) is 20.8 Å². The zero-order valence-electron chi connectivity index (χ0n) is 9.16. The summed E-state index contributed by atoms with van der Waals surface area (Å²) in [6, 6.07) is 7.87. The Morgan fingerprint density at radius 3 is 2.53 bits per heavy atom. The number of carbonyl (C=O) groups is 2. The minimum Gasteiger partial charge on any atom is -0.422 e. The quantitative estimate of drug-likeness (QED) is 0.455. The lowest BCUT2D eigenvalue weighted by atomic mass is 10.2. The first-order chi connectivity index (χ1) is 8.20. The van der Waals surface area contributed by atoms with E-state index in [1.54, 1.807) is 37.4 Å². The Morgan fingerprint density at radius 2 is 2.00 bits per heavy atom. The van der Waals surface area contributed by atoms with Gasteiger partial charge in [-0.2, -0.15) is 5.10 Å². The molecule has 86 valence electrons. The second kappa shape index (κ2) is 4.61. The smallest absolute Gasteiger partial charge is 0.361 e. The van der Waals surface area contributed by atoms with E-state index in [1.807, 2.05) is 0 Å². The van der Waals surface area contributed by atoms with Crippen LogP contribution >= 0.6 is 0 Å². The number of rotatable bonds is 3. The lowest BCUT2D eigenvalue weighted by Gasteiger charge is -2.04. The maximum Gasteiger partial charge on any atom is 0.361 e. The Kier molecular flexibility index (Phi) is 3.00. The second-order valence-electron chi connectivity index (χ2n) is 3.42. The van der Waals surface area contributed by atoms with Gasteiger partial charge in [-0.15, -0.1) is 0 Å². The molecule has 0 saturated carbocycles. The van der Waals surface area contributed by atoms with Gasteiger partial charge in [-0.1, -0.05) is 0 Å². The Bertz CT molecular complexity index is 543. The molecule has 5 heteroatoms. The summed E-state index contributed by atoms with van der Waals surface area (Å²) in [5.41, 5.74) is 0.898. The molecule has 0 N–H and O–H groups in total. The van der Waals surface area contributed by atoms with Crippen molar-refractivity contribution in [2.75, 3.05) is 0 Å². The van der Waals surface area contributed by atoms with E-state index in [-0.39, 0.29) is 0 Å². The highest BCUT2D eigenvalue weighted by Gasteiger charge is 2.12. The van der Waals surface area contributed by atoms with E-state index in [0.717, 1.165) is 6.29 Å². The minimum atomic E-state index is -0.483. The molecule has 1 heterocycles. The van der Waals surface area contributed by atoms with Crippen molar-refractivity contribution in [3.05, 3.63) is 47.8 Å². The molecule has 0 atom stereocenters. The molecule has 0 saturated heterocycles. The van der Waals surface area contributed by atoms with E-state index in [9.17, 15) is 9.59 Å². The lowest BCUT2D eigenvalue weighted by Crippen LogP contribution is -2.13. The molecular weight excluding hydrogens is 220 g/mol. The van der Waals surface area contributed by atoms with Gasteiger partial charge in [0.2, 0.25) is 0 Å². The van der Waals surface area contributed by atoms with Crippen molar-refractivity contribution in [1.82, 2.24) is 9.78 Å². The fraction of sp³-hybridized carbons (Fsp3) is 0.0833. The fourth-order valence-electron chi connectivity index (χ4n) is 1.35. The summed E-state index contributed by atoms with van der Waals surface area (Å²) < 4.78 is 6.56. The van der Waals surface area contributed by atoms with Crippen LogP contribution in [-0.4, -0.2) is 22.0 Å². The van der Waals surface area contributed by atoms with Crippen molar-refractivity contribution in [1.29, 1.82) is 0 Å². The molecule has 0 unspecified atom stereocenters. The Balaban J connectivity index is 2.13. The maximum atomic E-state index is 11.7. The van der Waals surface area contributed by atoms with Gasteiger partial charge in [-0.05, 0) is 30.3 Å². The summed E-state index contributed by atoms with van der Waals surface area (Å²) in [6.45, 7) is 0. The first-order valence-electron chi connectivity index (χ1n) is 4.96. The Labute approximate surface area is 97.6 Å². The third-order valence-electron chi connectivity index (χ3n) is 2.26. The van der Waals surface area contributed by atoms with Crippen LogP contribution in [0.3, 0.4) is 0 Å². The molecule has 1 aromatic carbocycles. The van der Waals surface area contributed by atoms with Crippen molar-refractivity contribution in [3.8, 4) is 5.75 Å². The standard InChI is InChI=1S/C12H10N2O3/c1-14-11(6-7-13-14)12(16)17-10-4-2-9(8-15)3-5-10/h2-8H,1H3. The SMILES string of the molecule is Cn1nccc1C(=O)Oc1ccc(C=O)cc1. The monoisotopic (exact) mass is 230 g/mol. The number of ether oxygens (including phenoxy) is 1. The maximum absolute atomic E-state index is 11.7. The van der Waals surface area contributed by atoms with Gasteiger partial charge in [0, 0.05) is 18.8 Å². The Hall–Kier alpha value is -2.43. The highest BCUT2D eigenvalue weighted by molar-refractivity contribution is 5.89. The highest BCUT2D eigenvalue weighted by atomic mass is 16.5. The molecular formula is C12H10N2O3. The number of aromatic nitrogens is 2. The van der Waals surface area contributed by atoms with Gasteiger partial charge in [-0.3, -0.25) is 9.48 Å². The summed E-state index contributed by atoms with van der Waals surface area (Å²) in [6.07, 6.45) is 2.25. The number of carbonyl (C=O) groups excluding carboxylic acids is 2. The number of benzene rings is 1. The van der Waals surface area contributed by atoms with E-state index in [1.165, 1.54) is 10.9 Å². The van der Waals surface area contributed by atoms with Gasteiger partial charge in [-0.25, -0.2) is 4.79 Å². The minimum absolute atomic E-state index is 0.365. The average molecular weight is 230 g/mol. The molecule has 0 aliphatic rings. The number of hydrogen-bond donors (Lipinski definition) is 0. The summed E-state index contributed by atoms with van der Waals surface area (Å²) in [5.74, 6) is -0.0920. The number of hydrogen-bond acceptors (Lipinski definition) is 4. The predicted octanol–water partition coefficient (Wildman–Crippen LogP) is 1.45. The summed E-state index contributed by atoms with van der Waals surface area (Å²) in [4.78, 5) is 22.1. The van der Waals surface area contributed by atoms with E-state index < -0.39 is 5.97 Å². The molecule has 0 radical (unpaired) electrons. The molecule has 0 bridgehead atoms. The van der Waals surface area contributed by atoms with Crippen LogP contribution in [0.4, 0.5) is 0 Å². The first kappa shape index (κ1) is 11.1. The summed E-state index contributed by atoms with van der Waals surface area (Å²) in [5, 5.41) is 3.88. The third kappa shape index (κ3) is 2.39. The fourth-order valence-corrected chi connectivity index (χ4v) is 1.35. The number of esters is 1. The molecule has 0 aliphatic carbocycles. The highest BCUT2D eigenvalue weighted by Crippen LogP contribution is 2.13. The van der Waals surface area contributed by atoms with E-state index >= 15 is 0 Å². The Morgan fingerprint density at radius 1 is 1.29 bits per heavy atom. The van der Waals surface area contributed by atoms with Crippen molar-refractivity contribution in [3.63, 3.8) is 0 Å². The van der Waals surface area contributed by atoms with Crippen molar-refractivity contribution in [2.24, 2.45) is 7.05 Å². The normalized spacial score (nSPS) is 9.94. The molecule has 0 spiro atoms. The predicted molar refractivity (Wildman–Crippen MR) is 60.0 cm³/mol. The van der Waals surface area contributed by atoms with Crippen LogP contribution < -0.4 is 4.74 Å². The number of nitrogens with zero attached hydrogens (tertiary/aromatic N) is 2. The van der Waals surface area contributed by atoms with Crippen LogP contribution in [0, 0.1) is 0 Å². The number of aryl methyl sites for hydroxylation is 1. The van der Waals surface area contributed by atoms with E-state index in [2.05, 4.69) is 5.10 Å². The van der Waals surface area contributed by atoms with Gasteiger partial charge >= 0.3 is 5.97 Å². The van der Waals surface area contributed by atoms with Gasteiger partial charge in [0.05, 0.1) is 0 Å². The first-order valence-corrected chi connectivity index (χ1v) is 4.96. The molecule has 2 rings (SSSR count). The molecule has 0 fully saturated rings.